The number of thiophene rings is 1. The summed E-state index contributed by atoms with van der Waals surface area (Å²) in [4.78, 5) is 31.2. The number of hydrogen-bond acceptors (Lipinski definition) is 4. The Bertz CT molecular complexity index is 671. The lowest BCUT2D eigenvalue weighted by molar-refractivity contribution is -0.157. The number of ether oxygens (including phenoxy) is 1. The molecule has 0 aromatic carbocycles. The molecule has 0 spiro atoms. The van der Waals surface area contributed by atoms with Gasteiger partial charge in [-0.05, 0) is 49.5 Å². The van der Waals surface area contributed by atoms with Crippen molar-refractivity contribution in [3.05, 3.63) is 22.4 Å². The summed E-state index contributed by atoms with van der Waals surface area (Å²) in [5, 5.41) is 2.09. The summed E-state index contributed by atoms with van der Waals surface area (Å²) in [7, 11) is 1.69. The van der Waals surface area contributed by atoms with Gasteiger partial charge in [-0.1, -0.05) is 12.5 Å². The predicted molar refractivity (Wildman–Crippen MR) is 106 cm³/mol. The Morgan fingerprint density at radius 3 is 2.89 bits per heavy atom. The van der Waals surface area contributed by atoms with E-state index >= 15 is 0 Å². The van der Waals surface area contributed by atoms with Crippen molar-refractivity contribution >= 4 is 23.2 Å². The molecular formula is C21H30N2O3S. The number of piperidine rings is 2. The normalized spacial score (nSPS) is 27.2. The predicted octanol–water partition coefficient (Wildman–Crippen LogP) is 2.95. The highest BCUT2D eigenvalue weighted by molar-refractivity contribution is 7.09. The molecule has 2 amide bonds. The van der Waals surface area contributed by atoms with Crippen molar-refractivity contribution in [3.8, 4) is 0 Å². The van der Waals surface area contributed by atoms with Gasteiger partial charge in [-0.2, -0.15) is 0 Å². The van der Waals surface area contributed by atoms with Crippen LogP contribution in [0.25, 0.3) is 0 Å². The van der Waals surface area contributed by atoms with Gasteiger partial charge < -0.3 is 14.5 Å². The summed E-state index contributed by atoms with van der Waals surface area (Å²) in [5.74, 6) is 1.00. The summed E-state index contributed by atoms with van der Waals surface area (Å²) >= 11 is 1.76. The molecule has 4 rings (SSSR count). The maximum atomic E-state index is 13.2. The van der Waals surface area contributed by atoms with Crippen molar-refractivity contribution in [2.24, 2.45) is 11.3 Å². The van der Waals surface area contributed by atoms with Gasteiger partial charge in [0.2, 0.25) is 11.8 Å². The van der Waals surface area contributed by atoms with E-state index in [1.54, 1.807) is 18.4 Å². The molecule has 1 aromatic rings. The first-order valence-corrected chi connectivity index (χ1v) is 11.1. The molecule has 3 heterocycles. The van der Waals surface area contributed by atoms with Gasteiger partial charge in [0.25, 0.3) is 0 Å². The van der Waals surface area contributed by atoms with Crippen molar-refractivity contribution in [1.82, 2.24) is 9.80 Å². The van der Waals surface area contributed by atoms with Crippen molar-refractivity contribution in [3.63, 3.8) is 0 Å². The molecule has 0 bridgehead atoms. The summed E-state index contributed by atoms with van der Waals surface area (Å²) in [6.07, 6.45) is 6.42. The van der Waals surface area contributed by atoms with E-state index in [9.17, 15) is 9.59 Å². The molecule has 0 N–H and O–H groups in total. The molecule has 1 aliphatic carbocycles. The highest BCUT2D eigenvalue weighted by Gasteiger charge is 2.49. The molecule has 27 heavy (non-hydrogen) atoms. The molecule has 6 heteroatoms. The van der Waals surface area contributed by atoms with E-state index in [1.807, 2.05) is 0 Å². The maximum absolute atomic E-state index is 13.2. The van der Waals surface area contributed by atoms with E-state index in [0.717, 1.165) is 58.2 Å². The van der Waals surface area contributed by atoms with Gasteiger partial charge in [0.1, 0.15) is 0 Å². The van der Waals surface area contributed by atoms with E-state index in [-0.39, 0.29) is 11.3 Å². The van der Waals surface area contributed by atoms with Gasteiger partial charge in [-0.25, -0.2) is 0 Å². The Labute approximate surface area is 165 Å². The zero-order valence-corrected chi connectivity index (χ0v) is 17.0. The zero-order chi connectivity index (χ0) is 18.9. The minimum Gasteiger partial charge on any atom is -0.384 e. The fraction of sp³-hybridized carbons (Fsp3) is 0.714. The first kappa shape index (κ1) is 18.9. The molecule has 0 radical (unpaired) electrons. The summed E-state index contributed by atoms with van der Waals surface area (Å²) in [6, 6.07) is 4.52. The lowest BCUT2D eigenvalue weighted by atomic mass is 9.68. The van der Waals surface area contributed by atoms with Crippen LogP contribution < -0.4 is 0 Å². The van der Waals surface area contributed by atoms with E-state index in [2.05, 4.69) is 27.3 Å². The fourth-order valence-electron chi connectivity index (χ4n) is 5.15. The first-order valence-electron chi connectivity index (χ1n) is 10.2. The van der Waals surface area contributed by atoms with Crippen LogP contribution in [-0.4, -0.2) is 61.0 Å². The Kier molecular flexibility index (Phi) is 5.55. The number of likely N-dealkylation sites (tertiary alicyclic amines) is 2. The maximum Gasteiger partial charge on any atom is 0.231 e. The van der Waals surface area contributed by atoms with Crippen LogP contribution in [0, 0.1) is 11.3 Å². The van der Waals surface area contributed by atoms with Gasteiger partial charge in [-0.15, -0.1) is 11.3 Å². The van der Waals surface area contributed by atoms with Crippen molar-refractivity contribution in [1.29, 1.82) is 0 Å². The lowest BCUT2D eigenvalue weighted by Crippen LogP contribution is -2.60. The highest BCUT2D eigenvalue weighted by atomic mass is 32.1. The smallest absolute Gasteiger partial charge is 0.231 e. The summed E-state index contributed by atoms with van der Waals surface area (Å²) in [6.45, 7) is 2.93. The summed E-state index contributed by atoms with van der Waals surface area (Å²) < 4.78 is 5.37. The molecule has 1 saturated carbocycles. The Morgan fingerprint density at radius 1 is 1.37 bits per heavy atom. The van der Waals surface area contributed by atoms with Crippen LogP contribution in [0.15, 0.2) is 17.5 Å². The number of amides is 2. The number of methoxy groups -OCH3 is 1. The topological polar surface area (TPSA) is 49.9 Å². The second kappa shape index (κ2) is 7.92. The summed E-state index contributed by atoms with van der Waals surface area (Å²) in [5.41, 5.74) is -0.273. The number of fused-ring (bicyclic) bond motifs is 1. The SMILES string of the molecule is COCC1(C(=O)N2CC[C@@H]3[C@@H](CCC(=O)N3CCc3cccs3)C2)CCC1. The number of hydrogen-bond donors (Lipinski definition) is 0. The quantitative estimate of drug-likeness (QED) is 0.750. The second-order valence-electron chi connectivity index (χ2n) is 8.39. The molecule has 0 unspecified atom stereocenters. The number of rotatable bonds is 6. The average Bonchev–Trinajstić information content (AvgIpc) is 3.16. The third-order valence-corrected chi connectivity index (χ3v) is 7.73. The third kappa shape index (κ3) is 3.66. The molecule has 3 aliphatic rings. The molecule has 148 valence electrons. The van der Waals surface area contributed by atoms with Crippen LogP contribution in [0.3, 0.4) is 0 Å². The van der Waals surface area contributed by atoms with Crippen LogP contribution in [0.5, 0.6) is 0 Å². The highest BCUT2D eigenvalue weighted by Crippen LogP contribution is 2.44. The van der Waals surface area contributed by atoms with Gasteiger partial charge in [0.15, 0.2) is 0 Å². The standard InChI is InChI=1S/C21H30N2O3S/c1-26-15-21(9-3-10-21)20(25)22-11-8-18-16(14-22)5-6-19(24)23(18)12-7-17-4-2-13-27-17/h2,4,13,16,18H,3,5-12,14-15H2,1H3/t16-,18+/m0/s1. The van der Waals surface area contributed by atoms with Gasteiger partial charge in [-0.3, -0.25) is 9.59 Å². The van der Waals surface area contributed by atoms with E-state index in [0.29, 0.717) is 30.9 Å². The molecule has 1 aromatic heterocycles. The number of carbonyl (C=O) groups excluding carboxylic acids is 2. The molecule has 2 atom stereocenters. The van der Waals surface area contributed by atoms with Gasteiger partial charge in [0.05, 0.1) is 12.0 Å². The lowest BCUT2D eigenvalue weighted by Gasteiger charge is -2.50. The largest absolute Gasteiger partial charge is 0.384 e. The van der Waals surface area contributed by atoms with E-state index in [1.165, 1.54) is 4.88 Å². The molecular weight excluding hydrogens is 360 g/mol. The number of nitrogens with zero attached hydrogens (tertiary/aromatic N) is 2. The Hall–Kier alpha value is -1.40. The third-order valence-electron chi connectivity index (χ3n) is 6.79. The van der Waals surface area contributed by atoms with Crippen molar-refractivity contribution in [2.75, 3.05) is 33.4 Å². The van der Waals surface area contributed by atoms with Crippen LogP contribution in [-0.2, 0) is 20.7 Å². The second-order valence-corrected chi connectivity index (χ2v) is 9.42. The van der Waals surface area contributed by atoms with Gasteiger partial charge >= 0.3 is 0 Å². The molecule has 3 fully saturated rings. The van der Waals surface area contributed by atoms with Crippen LogP contribution in [0.1, 0.15) is 43.4 Å². The van der Waals surface area contributed by atoms with Crippen molar-refractivity contribution < 1.29 is 14.3 Å². The van der Waals surface area contributed by atoms with Crippen LogP contribution >= 0.6 is 11.3 Å². The Morgan fingerprint density at radius 2 is 2.22 bits per heavy atom. The average molecular weight is 391 g/mol. The molecule has 2 aliphatic heterocycles. The zero-order valence-electron chi connectivity index (χ0n) is 16.2. The monoisotopic (exact) mass is 390 g/mol. The first-order chi connectivity index (χ1) is 13.1. The van der Waals surface area contributed by atoms with E-state index in [4.69, 9.17) is 4.74 Å². The minimum atomic E-state index is -0.273. The minimum absolute atomic E-state index is 0.273. The van der Waals surface area contributed by atoms with Gasteiger partial charge in [0, 0.05) is 44.1 Å². The number of carbonyl (C=O) groups is 2. The van der Waals surface area contributed by atoms with Crippen molar-refractivity contribution in [2.45, 2.75) is 51.0 Å². The Balaban J connectivity index is 1.39. The molecule has 5 nitrogen and oxygen atoms in total. The fourth-order valence-corrected chi connectivity index (χ4v) is 5.85. The van der Waals surface area contributed by atoms with Crippen LogP contribution in [0.2, 0.25) is 0 Å². The molecule has 2 saturated heterocycles. The van der Waals surface area contributed by atoms with E-state index < -0.39 is 0 Å². The van der Waals surface area contributed by atoms with Crippen LogP contribution in [0.4, 0.5) is 0 Å².